The lowest BCUT2D eigenvalue weighted by Crippen LogP contribution is -2.64. The first-order valence-electron chi connectivity index (χ1n) is 14.9. The molecule has 4 aliphatic rings. The van der Waals surface area contributed by atoms with Crippen LogP contribution in [-0.2, 0) is 42.9 Å². The molecule has 238 valence electrons. The lowest BCUT2D eigenvalue weighted by Gasteiger charge is -2.53. The van der Waals surface area contributed by atoms with Gasteiger partial charge in [-0.3, -0.25) is 19.2 Å². The summed E-state index contributed by atoms with van der Waals surface area (Å²) in [6.45, 7) is 10.1. The third kappa shape index (κ3) is 4.75. The molecule has 1 aromatic rings. The lowest BCUT2D eigenvalue weighted by atomic mass is 9.54. The van der Waals surface area contributed by atoms with Crippen LogP contribution in [0.5, 0.6) is 0 Å². The molecule has 1 aromatic carbocycles. The van der Waals surface area contributed by atoms with E-state index in [1.807, 2.05) is 13.8 Å². The molecule has 44 heavy (non-hydrogen) atoms. The number of aliphatic hydroxyl groups is 1. The van der Waals surface area contributed by atoms with Gasteiger partial charge in [0.05, 0.1) is 22.5 Å². The topological polar surface area (TPSA) is 152 Å². The van der Waals surface area contributed by atoms with E-state index in [4.69, 9.17) is 23.7 Å². The number of Topliss-reactive ketones (excluding diaryl/α,β-unsaturated/α-hetero) is 1. The minimum Gasteiger partial charge on any atom is -0.465 e. The second-order valence-electron chi connectivity index (χ2n) is 13.4. The predicted octanol–water partition coefficient (Wildman–Crippen LogP) is 2.96. The monoisotopic (exact) mass is 612 g/mol. The van der Waals surface area contributed by atoms with E-state index >= 15 is 0 Å². The summed E-state index contributed by atoms with van der Waals surface area (Å²) >= 11 is 0. The van der Waals surface area contributed by atoms with E-state index < -0.39 is 100 Å². The summed E-state index contributed by atoms with van der Waals surface area (Å²) < 4.78 is 30.4. The van der Waals surface area contributed by atoms with E-state index in [0.717, 1.165) is 0 Å². The van der Waals surface area contributed by atoms with Gasteiger partial charge in [-0.25, -0.2) is 4.79 Å². The van der Waals surface area contributed by atoms with Crippen LogP contribution in [0.4, 0.5) is 0 Å². The minimum absolute atomic E-state index is 0.125. The van der Waals surface area contributed by atoms with Crippen LogP contribution in [0.3, 0.4) is 0 Å². The van der Waals surface area contributed by atoms with Crippen molar-refractivity contribution in [1.29, 1.82) is 0 Å². The van der Waals surface area contributed by atoms with Crippen LogP contribution in [0.2, 0.25) is 0 Å². The normalized spacial score (nSPS) is 39.8. The molecule has 2 unspecified atom stereocenters. The Balaban J connectivity index is 1.86. The van der Waals surface area contributed by atoms with Gasteiger partial charge < -0.3 is 28.8 Å². The van der Waals surface area contributed by atoms with Crippen molar-refractivity contribution in [3.63, 3.8) is 0 Å². The molecule has 1 heterocycles. The first-order chi connectivity index (χ1) is 20.5. The molecule has 2 saturated carbocycles. The van der Waals surface area contributed by atoms with Crippen molar-refractivity contribution < 1.29 is 52.8 Å². The highest BCUT2D eigenvalue weighted by Crippen LogP contribution is 2.67. The van der Waals surface area contributed by atoms with Crippen molar-refractivity contribution in [1.82, 2.24) is 0 Å². The van der Waals surface area contributed by atoms with Crippen LogP contribution in [0.25, 0.3) is 0 Å². The van der Waals surface area contributed by atoms with Crippen LogP contribution in [0, 0.1) is 29.1 Å². The second-order valence-corrected chi connectivity index (χ2v) is 13.4. The summed E-state index contributed by atoms with van der Waals surface area (Å²) in [5, 5.41) is 12.6. The Morgan fingerprint density at radius 3 is 2.16 bits per heavy atom. The van der Waals surface area contributed by atoms with Gasteiger partial charge in [0.15, 0.2) is 5.78 Å². The van der Waals surface area contributed by atoms with Gasteiger partial charge in [-0.05, 0) is 51.3 Å². The molecule has 5 rings (SSSR count). The van der Waals surface area contributed by atoms with Gasteiger partial charge in [-0.1, -0.05) is 31.2 Å². The number of esters is 4. The van der Waals surface area contributed by atoms with Crippen molar-refractivity contribution in [2.75, 3.05) is 6.61 Å². The fourth-order valence-corrected chi connectivity index (χ4v) is 8.64. The molecule has 3 fully saturated rings. The van der Waals surface area contributed by atoms with Gasteiger partial charge in [0.25, 0.3) is 0 Å². The third-order valence-corrected chi connectivity index (χ3v) is 10.00. The Kier molecular flexibility index (Phi) is 7.82. The van der Waals surface area contributed by atoms with Gasteiger partial charge >= 0.3 is 23.9 Å². The van der Waals surface area contributed by atoms with Gasteiger partial charge in [-0.15, -0.1) is 0 Å². The molecule has 1 saturated heterocycles. The molecule has 0 aromatic heterocycles. The Morgan fingerprint density at radius 2 is 1.57 bits per heavy atom. The summed E-state index contributed by atoms with van der Waals surface area (Å²) in [7, 11) is 0. The van der Waals surface area contributed by atoms with E-state index in [9.17, 15) is 29.1 Å². The van der Waals surface area contributed by atoms with Crippen molar-refractivity contribution in [2.24, 2.45) is 29.1 Å². The Hall–Kier alpha value is -3.57. The number of hydrogen-bond donors (Lipinski definition) is 1. The summed E-state index contributed by atoms with van der Waals surface area (Å²) in [6, 6.07) is 8.14. The summed E-state index contributed by atoms with van der Waals surface area (Å²) in [6.07, 6.45) is -0.452. The lowest BCUT2D eigenvalue weighted by molar-refractivity contribution is -0.204. The number of ether oxygens (including phenoxy) is 5. The van der Waals surface area contributed by atoms with E-state index in [1.165, 1.54) is 20.8 Å². The van der Waals surface area contributed by atoms with Crippen molar-refractivity contribution in [2.45, 2.75) is 90.0 Å². The molecule has 0 spiro atoms. The van der Waals surface area contributed by atoms with Crippen LogP contribution < -0.4 is 0 Å². The molecule has 11 heteroatoms. The quantitative estimate of drug-likeness (QED) is 0.287. The van der Waals surface area contributed by atoms with E-state index in [2.05, 4.69) is 0 Å². The van der Waals surface area contributed by atoms with Crippen molar-refractivity contribution in [3.05, 3.63) is 48.0 Å². The Labute approximate surface area is 256 Å². The number of carbonyl (C=O) groups is 5. The fourth-order valence-electron chi connectivity index (χ4n) is 8.64. The zero-order valence-electron chi connectivity index (χ0n) is 26.0. The minimum atomic E-state index is -2.21. The van der Waals surface area contributed by atoms with Gasteiger partial charge in [0, 0.05) is 32.6 Å². The van der Waals surface area contributed by atoms with E-state index in [1.54, 1.807) is 56.3 Å². The van der Waals surface area contributed by atoms with Crippen LogP contribution in [-0.4, -0.2) is 76.5 Å². The number of benzene rings is 1. The largest absolute Gasteiger partial charge is 0.465 e. The van der Waals surface area contributed by atoms with Gasteiger partial charge in [0.1, 0.15) is 36.1 Å². The summed E-state index contributed by atoms with van der Waals surface area (Å²) in [5.41, 5.74) is -6.41. The maximum absolute atomic E-state index is 14.9. The predicted molar refractivity (Wildman–Crippen MR) is 153 cm³/mol. The standard InChI is InChI=1S/C33H40O11/c1-17-15-33(39)24(25(17)42-20(4)36)27(43-28(37)21-11-9-8-10-12-21)32(16-40-18(2)34)23(41-19(3)35)14-13-22-26(32)31(7,29(33)38)44-30(22,5)6/h8-14,17,22-27,39H,15-16H2,1-7H3/t17-,22+,23+,24+,25-,26-,27+,31?,32+,33?/m0/s1. The Bertz CT molecular complexity index is 1400. The van der Waals surface area contributed by atoms with Crippen LogP contribution in [0.1, 0.15) is 65.2 Å². The summed E-state index contributed by atoms with van der Waals surface area (Å²) in [5.74, 6) is -6.81. The van der Waals surface area contributed by atoms with Crippen LogP contribution in [0.15, 0.2) is 42.5 Å². The highest BCUT2D eigenvalue weighted by Gasteiger charge is 2.80. The van der Waals surface area contributed by atoms with Gasteiger partial charge in [-0.2, -0.15) is 0 Å². The van der Waals surface area contributed by atoms with Gasteiger partial charge in [0.2, 0.25) is 0 Å². The number of rotatable bonds is 6. The molecule has 10 atom stereocenters. The average Bonchev–Trinajstić information content (AvgIpc) is 3.30. The zero-order chi connectivity index (χ0) is 32.4. The Morgan fingerprint density at radius 1 is 0.932 bits per heavy atom. The third-order valence-electron chi connectivity index (χ3n) is 10.00. The SMILES string of the molecule is CC(=O)OC[C@@]12[C@H](OC(=O)c3ccccc3)[C@H]3[C@@H](OC(C)=O)[C@@H](C)CC3(O)C(=O)C3(C)OC(C)(C)[C@H](C=C[C@H]1OC(C)=O)[C@@H]32. The molecule has 0 bridgehead atoms. The molecule has 3 aliphatic carbocycles. The second kappa shape index (κ2) is 10.8. The van der Waals surface area contributed by atoms with E-state index in [-0.39, 0.29) is 12.0 Å². The smallest absolute Gasteiger partial charge is 0.338 e. The first kappa shape index (κ1) is 31.8. The fraction of sp³-hybridized carbons (Fsp3) is 0.606. The number of hydrogen-bond acceptors (Lipinski definition) is 11. The van der Waals surface area contributed by atoms with Crippen molar-refractivity contribution in [3.8, 4) is 0 Å². The maximum Gasteiger partial charge on any atom is 0.338 e. The zero-order valence-corrected chi connectivity index (χ0v) is 26.0. The molecular weight excluding hydrogens is 572 g/mol. The number of fused-ring (bicyclic) bond motifs is 1. The molecule has 0 amide bonds. The first-order valence-corrected chi connectivity index (χ1v) is 14.9. The molecular formula is C33H40O11. The van der Waals surface area contributed by atoms with Crippen LogP contribution >= 0.6 is 0 Å². The van der Waals surface area contributed by atoms with E-state index in [0.29, 0.717) is 0 Å². The maximum atomic E-state index is 14.9. The molecule has 11 nitrogen and oxygen atoms in total. The molecule has 1 aliphatic heterocycles. The summed E-state index contributed by atoms with van der Waals surface area (Å²) in [4.78, 5) is 66.3. The molecule has 0 radical (unpaired) electrons. The molecule has 1 N–H and O–H groups in total. The average molecular weight is 613 g/mol. The highest BCUT2D eigenvalue weighted by atomic mass is 16.6. The highest BCUT2D eigenvalue weighted by molar-refractivity contribution is 5.97. The van der Waals surface area contributed by atoms with Crippen molar-refractivity contribution >= 4 is 29.7 Å². The number of carbonyl (C=O) groups excluding carboxylic acids is 5. The number of ketones is 1.